The average molecular weight is 480 g/mol. The number of hydrogen-bond donors (Lipinski definition) is 2. The minimum atomic E-state index is 0.446. The molecule has 0 bridgehead atoms. The third kappa shape index (κ3) is 4.67. The van der Waals surface area contributed by atoms with Gasteiger partial charge in [-0.05, 0) is 74.9 Å². The Kier molecular flexibility index (Phi) is 6.93. The van der Waals surface area contributed by atoms with Crippen molar-refractivity contribution in [2.45, 2.75) is 32.9 Å². The molecule has 1 atom stereocenters. The molecule has 184 valence electrons. The molecule has 3 aromatic heterocycles. The molecule has 0 radical (unpaired) electrons. The Morgan fingerprint density at radius 1 is 1.11 bits per heavy atom. The Morgan fingerprint density at radius 2 is 1.94 bits per heavy atom. The number of likely N-dealkylation sites (tertiary alicyclic amines) is 1. The van der Waals surface area contributed by atoms with Crippen LogP contribution in [-0.4, -0.2) is 50.6 Å². The molecule has 4 heterocycles. The second kappa shape index (κ2) is 10.4. The zero-order valence-electron chi connectivity index (χ0n) is 21.1. The summed E-state index contributed by atoms with van der Waals surface area (Å²) < 4.78 is 2.09. The fourth-order valence-electron chi connectivity index (χ4n) is 4.88. The third-order valence-electron chi connectivity index (χ3n) is 6.82. The number of benzene rings is 1. The van der Waals surface area contributed by atoms with Gasteiger partial charge in [0.05, 0.1) is 11.3 Å². The molecule has 36 heavy (non-hydrogen) atoms. The molecular weight excluding hydrogens is 446 g/mol. The van der Waals surface area contributed by atoms with Gasteiger partial charge in [-0.1, -0.05) is 30.4 Å². The van der Waals surface area contributed by atoms with Gasteiger partial charge in [-0.2, -0.15) is 0 Å². The molecular formula is C29H33N7. The van der Waals surface area contributed by atoms with Crippen molar-refractivity contribution in [3.8, 4) is 17.1 Å². The molecule has 0 aliphatic carbocycles. The third-order valence-corrected chi connectivity index (χ3v) is 6.82. The van der Waals surface area contributed by atoms with E-state index in [2.05, 4.69) is 56.2 Å². The lowest BCUT2D eigenvalue weighted by Gasteiger charge is -2.16. The molecule has 7 nitrogen and oxygen atoms in total. The maximum Gasteiger partial charge on any atom is 0.165 e. The number of fused-ring (bicyclic) bond motifs is 1. The minimum Gasteiger partial charge on any atom is -0.383 e. The van der Waals surface area contributed by atoms with E-state index in [-0.39, 0.29) is 0 Å². The van der Waals surface area contributed by atoms with E-state index in [1.807, 2.05) is 51.2 Å². The number of nitrogen functional groups attached to an aromatic ring is 1. The molecule has 1 aliphatic heterocycles. The Balaban J connectivity index is 1.59. The van der Waals surface area contributed by atoms with Crippen molar-refractivity contribution in [2.75, 3.05) is 25.9 Å². The normalized spacial score (nSPS) is 17.0. The summed E-state index contributed by atoms with van der Waals surface area (Å²) >= 11 is 0. The second-order valence-corrected chi connectivity index (χ2v) is 9.17. The second-order valence-electron chi connectivity index (χ2n) is 9.17. The molecule has 4 aromatic rings. The molecule has 0 spiro atoms. The van der Waals surface area contributed by atoms with Gasteiger partial charge in [0.25, 0.3) is 0 Å². The number of aromatic nitrogens is 4. The van der Waals surface area contributed by atoms with E-state index in [0.717, 1.165) is 59.1 Å². The molecule has 1 fully saturated rings. The van der Waals surface area contributed by atoms with E-state index in [9.17, 15) is 0 Å². The summed E-state index contributed by atoms with van der Waals surface area (Å²) in [7, 11) is 2.04. The Labute approximate surface area is 212 Å². The lowest BCUT2D eigenvalue weighted by Crippen LogP contribution is -2.29. The maximum absolute atomic E-state index is 6.28. The van der Waals surface area contributed by atoms with Gasteiger partial charge in [0.15, 0.2) is 11.5 Å². The highest BCUT2D eigenvalue weighted by Crippen LogP contribution is 2.31. The Hall–Kier alpha value is -3.81. The van der Waals surface area contributed by atoms with E-state index < -0.39 is 0 Å². The van der Waals surface area contributed by atoms with E-state index in [0.29, 0.717) is 11.9 Å². The van der Waals surface area contributed by atoms with Gasteiger partial charge in [0, 0.05) is 37.6 Å². The first-order valence-corrected chi connectivity index (χ1v) is 12.5. The summed E-state index contributed by atoms with van der Waals surface area (Å²) in [5.74, 6) is 1.18. The maximum atomic E-state index is 6.28. The molecule has 0 saturated carbocycles. The molecule has 3 N–H and O–H groups in total. The average Bonchev–Trinajstić information content (AvgIpc) is 3.52. The number of anilines is 1. The van der Waals surface area contributed by atoms with Crippen LogP contribution in [0.3, 0.4) is 0 Å². The standard InChI is InChI=1S/C29H33N7/c1-4-7-21(5-2)25-13-14-26-29(33-25)36(28(34-26)24-8-6-16-32-27(24)30)23-11-9-20(10-12-23)18-35-17-15-22(19-35)31-3/h4-14,16,22,31H,15,17-19H2,1-3H3,(H2,30,32)/b7-4-,21-5+. The fourth-order valence-corrected chi connectivity index (χ4v) is 4.88. The number of nitrogens with two attached hydrogens (primary N) is 1. The van der Waals surface area contributed by atoms with Gasteiger partial charge in [-0.25, -0.2) is 15.0 Å². The van der Waals surface area contributed by atoms with Crippen LogP contribution in [0.4, 0.5) is 5.82 Å². The Morgan fingerprint density at radius 3 is 2.64 bits per heavy atom. The number of allylic oxidation sites excluding steroid dienone is 4. The minimum absolute atomic E-state index is 0.446. The van der Waals surface area contributed by atoms with Gasteiger partial charge in [0.1, 0.15) is 11.3 Å². The first-order chi connectivity index (χ1) is 17.6. The summed E-state index contributed by atoms with van der Waals surface area (Å²) in [6.07, 6.45) is 9.06. The van der Waals surface area contributed by atoms with Crippen molar-refractivity contribution in [3.63, 3.8) is 0 Å². The summed E-state index contributed by atoms with van der Waals surface area (Å²) in [5, 5.41) is 3.39. The van der Waals surface area contributed by atoms with Crippen LogP contribution in [0, 0.1) is 0 Å². The topological polar surface area (TPSA) is 84.9 Å². The molecule has 1 unspecified atom stereocenters. The number of rotatable bonds is 7. The number of nitrogens with one attached hydrogen (secondary N) is 1. The van der Waals surface area contributed by atoms with Crippen molar-refractivity contribution in [3.05, 3.63) is 84.2 Å². The SMILES string of the molecule is C/C=C\C(=C/C)c1ccc2nc(-c3cccnc3N)n(-c3ccc(CN4CCC(NC)C4)cc3)c2n1. The van der Waals surface area contributed by atoms with Crippen molar-refractivity contribution in [1.29, 1.82) is 0 Å². The van der Waals surface area contributed by atoms with Gasteiger partial charge >= 0.3 is 0 Å². The molecule has 7 heteroatoms. The lowest BCUT2D eigenvalue weighted by atomic mass is 10.1. The highest BCUT2D eigenvalue weighted by molar-refractivity contribution is 5.85. The monoisotopic (exact) mass is 479 g/mol. The lowest BCUT2D eigenvalue weighted by molar-refractivity contribution is 0.322. The van der Waals surface area contributed by atoms with Crippen molar-refractivity contribution >= 4 is 22.6 Å². The fraction of sp³-hybridized carbons (Fsp3) is 0.276. The van der Waals surface area contributed by atoms with Crippen molar-refractivity contribution < 1.29 is 0 Å². The van der Waals surface area contributed by atoms with Crippen LogP contribution < -0.4 is 11.1 Å². The predicted molar refractivity (Wildman–Crippen MR) is 148 cm³/mol. The van der Waals surface area contributed by atoms with Crippen LogP contribution in [0.25, 0.3) is 33.8 Å². The molecule has 1 saturated heterocycles. The zero-order chi connectivity index (χ0) is 25.1. The number of imidazole rings is 1. The van der Waals surface area contributed by atoms with Crippen LogP contribution in [0.2, 0.25) is 0 Å². The number of nitrogens with zero attached hydrogens (tertiary/aromatic N) is 5. The van der Waals surface area contributed by atoms with Gasteiger partial charge in [0.2, 0.25) is 0 Å². The van der Waals surface area contributed by atoms with Crippen molar-refractivity contribution in [2.24, 2.45) is 0 Å². The quantitative estimate of drug-likeness (QED) is 0.369. The van der Waals surface area contributed by atoms with E-state index in [1.54, 1.807) is 6.20 Å². The van der Waals surface area contributed by atoms with Gasteiger partial charge in [-0.3, -0.25) is 9.47 Å². The highest BCUT2D eigenvalue weighted by atomic mass is 15.2. The largest absolute Gasteiger partial charge is 0.383 e. The van der Waals surface area contributed by atoms with Gasteiger partial charge < -0.3 is 11.1 Å². The molecule has 1 aromatic carbocycles. The first kappa shape index (κ1) is 23.9. The van der Waals surface area contributed by atoms with Crippen LogP contribution in [-0.2, 0) is 6.54 Å². The number of likely N-dealkylation sites (N-methyl/N-ethyl adjacent to an activating group) is 1. The molecule has 5 rings (SSSR count). The smallest absolute Gasteiger partial charge is 0.165 e. The first-order valence-electron chi connectivity index (χ1n) is 12.5. The van der Waals surface area contributed by atoms with Crippen LogP contribution in [0.15, 0.2) is 73.0 Å². The van der Waals surface area contributed by atoms with Crippen LogP contribution >= 0.6 is 0 Å². The zero-order valence-corrected chi connectivity index (χ0v) is 21.1. The van der Waals surface area contributed by atoms with E-state index in [4.69, 9.17) is 15.7 Å². The van der Waals surface area contributed by atoms with E-state index >= 15 is 0 Å². The van der Waals surface area contributed by atoms with Crippen LogP contribution in [0.1, 0.15) is 31.5 Å². The summed E-state index contributed by atoms with van der Waals surface area (Å²) in [6.45, 7) is 7.19. The molecule has 1 aliphatic rings. The van der Waals surface area contributed by atoms with Gasteiger partial charge in [-0.15, -0.1) is 0 Å². The Bertz CT molecular complexity index is 1420. The number of hydrogen-bond acceptors (Lipinski definition) is 6. The summed E-state index contributed by atoms with van der Waals surface area (Å²) in [5.41, 5.74) is 12.9. The van der Waals surface area contributed by atoms with Crippen molar-refractivity contribution in [1.82, 2.24) is 29.7 Å². The molecule has 0 amide bonds. The predicted octanol–water partition coefficient (Wildman–Crippen LogP) is 4.84. The highest BCUT2D eigenvalue weighted by Gasteiger charge is 2.21. The summed E-state index contributed by atoms with van der Waals surface area (Å²) in [6, 6.07) is 17.2. The number of pyridine rings is 2. The van der Waals surface area contributed by atoms with E-state index in [1.165, 1.54) is 12.0 Å². The van der Waals surface area contributed by atoms with Crippen LogP contribution in [0.5, 0.6) is 0 Å². The summed E-state index contributed by atoms with van der Waals surface area (Å²) in [4.78, 5) is 16.8.